The quantitative estimate of drug-likeness (QED) is 0.933. The van der Waals surface area contributed by atoms with E-state index >= 15 is 0 Å². The number of amides is 1. The average Bonchev–Trinajstić information content (AvgIpc) is 2.52. The fourth-order valence-electron chi connectivity index (χ4n) is 5.97. The Hall–Kier alpha value is -1.90. The predicted molar refractivity (Wildman–Crippen MR) is 94.5 cm³/mol. The first-order chi connectivity index (χ1) is 11.7. The van der Waals surface area contributed by atoms with Crippen molar-refractivity contribution in [2.75, 3.05) is 0 Å². The van der Waals surface area contributed by atoms with Gasteiger partial charge in [-0.2, -0.15) is 0 Å². The molecule has 1 amide bonds. The highest BCUT2D eigenvalue weighted by atomic mass is 16.1. The van der Waals surface area contributed by atoms with Crippen molar-refractivity contribution in [3.8, 4) is 0 Å². The number of pyridine rings is 1. The first-order valence-corrected chi connectivity index (χ1v) is 9.33. The minimum atomic E-state index is 0.0999. The Kier molecular flexibility index (Phi) is 3.19. The minimum absolute atomic E-state index is 0.0999. The summed E-state index contributed by atoms with van der Waals surface area (Å²) in [6.07, 6.45) is 8.22. The van der Waals surface area contributed by atoms with Crippen LogP contribution in [0.1, 0.15) is 44.2 Å². The van der Waals surface area contributed by atoms with Gasteiger partial charge in [0.25, 0.3) is 0 Å². The largest absolute Gasteiger partial charge is 0.350 e. The standard InChI is InChI=1S/C21H24N2O/c24-20(10-18-6-5-17-3-1-2-4-19(17)22-18)23-21-11-14-7-15(12-21)9-16(8-14)13-21/h1-6,14-16H,7-13H2,(H,23,24). The molecule has 124 valence electrons. The lowest BCUT2D eigenvalue weighted by molar-refractivity contribution is -0.126. The van der Waals surface area contributed by atoms with Gasteiger partial charge in [-0.3, -0.25) is 9.78 Å². The van der Waals surface area contributed by atoms with Gasteiger partial charge in [0, 0.05) is 10.9 Å². The van der Waals surface area contributed by atoms with Gasteiger partial charge in [0.2, 0.25) is 5.91 Å². The van der Waals surface area contributed by atoms with E-state index in [1.54, 1.807) is 0 Å². The summed E-state index contributed by atoms with van der Waals surface area (Å²) in [4.78, 5) is 17.3. The van der Waals surface area contributed by atoms with Crippen molar-refractivity contribution in [2.24, 2.45) is 17.8 Å². The molecule has 0 aliphatic heterocycles. The van der Waals surface area contributed by atoms with Crippen LogP contribution in [-0.2, 0) is 11.2 Å². The Morgan fingerprint density at radius 3 is 2.38 bits per heavy atom. The molecule has 1 heterocycles. The fourth-order valence-corrected chi connectivity index (χ4v) is 5.97. The van der Waals surface area contributed by atoms with Crippen LogP contribution in [0.2, 0.25) is 0 Å². The lowest BCUT2D eigenvalue weighted by Crippen LogP contribution is -2.60. The third-order valence-electron chi connectivity index (χ3n) is 6.44. The summed E-state index contributed by atoms with van der Waals surface area (Å²) in [5.41, 5.74) is 1.94. The van der Waals surface area contributed by atoms with E-state index in [1.807, 2.05) is 24.3 Å². The van der Waals surface area contributed by atoms with E-state index in [4.69, 9.17) is 0 Å². The zero-order chi connectivity index (χ0) is 16.1. The molecule has 2 aromatic rings. The molecule has 1 N–H and O–H groups in total. The molecular formula is C21H24N2O. The number of carbonyl (C=O) groups excluding carboxylic acids is 1. The highest BCUT2D eigenvalue weighted by molar-refractivity contribution is 5.82. The summed E-state index contributed by atoms with van der Waals surface area (Å²) in [5, 5.41) is 4.57. The number of nitrogens with zero attached hydrogens (tertiary/aromatic N) is 1. The Morgan fingerprint density at radius 2 is 1.67 bits per heavy atom. The van der Waals surface area contributed by atoms with Crippen LogP contribution in [0.3, 0.4) is 0 Å². The number of fused-ring (bicyclic) bond motifs is 1. The van der Waals surface area contributed by atoms with E-state index in [2.05, 4.69) is 22.4 Å². The maximum atomic E-state index is 12.7. The van der Waals surface area contributed by atoms with Crippen LogP contribution < -0.4 is 5.32 Å². The molecule has 0 spiro atoms. The normalized spacial score (nSPS) is 33.8. The summed E-state index contributed by atoms with van der Waals surface area (Å²) in [6.45, 7) is 0. The molecule has 0 atom stereocenters. The maximum Gasteiger partial charge on any atom is 0.226 e. The molecule has 0 radical (unpaired) electrons. The van der Waals surface area contributed by atoms with E-state index < -0.39 is 0 Å². The van der Waals surface area contributed by atoms with Gasteiger partial charge in [-0.25, -0.2) is 0 Å². The number of benzene rings is 1. The number of hydrogen-bond acceptors (Lipinski definition) is 2. The van der Waals surface area contributed by atoms with Crippen molar-refractivity contribution in [3.05, 3.63) is 42.1 Å². The Bertz CT molecular complexity index is 762. The topological polar surface area (TPSA) is 42.0 Å². The number of carbonyl (C=O) groups is 1. The van der Waals surface area contributed by atoms with Crippen LogP contribution in [0.5, 0.6) is 0 Å². The van der Waals surface area contributed by atoms with E-state index in [9.17, 15) is 4.79 Å². The average molecular weight is 320 g/mol. The van der Waals surface area contributed by atoms with Crippen molar-refractivity contribution in [3.63, 3.8) is 0 Å². The van der Waals surface area contributed by atoms with Crippen molar-refractivity contribution >= 4 is 16.8 Å². The van der Waals surface area contributed by atoms with Gasteiger partial charge in [-0.15, -0.1) is 0 Å². The van der Waals surface area contributed by atoms with Gasteiger partial charge in [0.1, 0.15) is 0 Å². The summed E-state index contributed by atoms with van der Waals surface area (Å²) < 4.78 is 0. The number of aromatic nitrogens is 1. The molecule has 1 aromatic carbocycles. The summed E-state index contributed by atoms with van der Waals surface area (Å²) in [5.74, 6) is 2.72. The maximum absolute atomic E-state index is 12.7. The van der Waals surface area contributed by atoms with Crippen LogP contribution in [0.4, 0.5) is 0 Å². The molecule has 4 aliphatic carbocycles. The Labute approximate surface area is 142 Å². The molecule has 0 saturated heterocycles. The van der Waals surface area contributed by atoms with Crippen LogP contribution in [0, 0.1) is 17.8 Å². The van der Waals surface area contributed by atoms with Gasteiger partial charge in [-0.1, -0.05) is 24.3 Å². The van der Waals surface area contributed by atoms with Gasteiger partial charge in [0.05, 0.1) is 17.6 Å². The molecule has 4 aliphatic rings. The summed E-state index contributed by atoms with van der Waals surface area (Å²) in [7, 11) is 0. The zero-order valence-corrected chi connectivity index (χ0v) is 14.0. The summed E-state index contributed by atoms with van der Waals surface area (Å²) in [6, 6.07) is 12.1. The molecule has 1 aromatic heterocycles. The van der Waals surface area contributed by atoms with Gasteiger partial charge >= 0.3 is 0 Å². The van der Waals surface area contributed by atoms with Crippen molar-refractivity contribution in [1.29, 1.82) is 0 Å². The van der Waals surface area contributed by atoms with Gasteiger partial charge in [0.15, 0.2) is 0 Å². The van der Waals surface area contributed by atoms with E-state index in [0.717, 1.165) is 34.4 Å². The van der Waals surface area contributed by atoms with Crippen LogP contribution in [0.25, 0.3) is 10.9 Å². The van der Waals surface area contributed by atoms with Crippen molar-refractivity contribution < 1.29 is 4.79 Å². The third-order valence-corrected chi connectivity index (χ3v) is 6.44. The lowest BCUT2D eigenvalue weighted by Gasteiger charge is -2.56. The van der Waals surface area contributed by atoms with Crippen molar-refractivity contribution in [1.82, 2.24) is 10.3 Å². The molecule has 4 fully saturated rings. The molecular weight excluding hydrogens is 296 g/mol. The molecule has 6 rings (SSSR count). The third kappa shape index (κ3) is 2.51. The highest BCUT2D eigenvalue weighted by Gasteiger charge is 2.51. The van der Waals surface area contributed by atoms with Crippen LogP contribution in [0.15, 0.2) is 36.4 Å². The minimum Gasteiger partial charge on any atom is -0.350 e. The second-order valence-corrected chi connectivity index (χ2v) is 8.42. The number of rotatable bonds is 3. The smallest absolute Gasteiger partial charge is 0.226 e. The number of nitrogens with one attached hydrogen (secondary N) is 1. The Balaban J connectivity index is 1.32. The molecule has 4 saturated carbocycles. The SMILES string of the molecule is O=C(Cc1ccc2ccccc2n1)NC12CC3CC(CC(C3)C1)C2. The predicted octanol–water partition coefficient (Wildman–Crippen LogP) is 3.86. The van der Waals surface area contributed by atoms with E-state index in [0.29, 0.717) is 6.42 Å². The number of para-hydroxylation sites is 1. The number of hydrogen-bond donors (Lipinski definition) is 1. The molecule has 24 heavy (non-hydrogen) atoms. The first-order valence-electron chi connectivity index (χ1n) is 9.33. The monoisotopic (exact) mass is 320 g/mol. The lowest BCUT2D eigenvalue weighted by atomic mass is 9.53. The second kappa shape index (κ2) is 5.30. The molecule has 3 heteroatoms. The zero-order valence-electron chi connectivity index (χ0n) is 14.0. The summed E-state index contributed by atoms with van der Waals surface area (Å²) >= 11 is 0. The van der Waals surface area contributed by atoms with Crippen molar-refractivity contribution in [2.45, 2.75) is 50.5 Å². The van der Waals surface area contributed by atoms with E-state index in [-0.39, 0.29) is 11.4 Å². The van der Waals surface area contributed by atoms with Crippen LogP contribution in [-0.4, -0.2) is 16.4 Å². The molecule has 3 nitrogen and oxygen atoms in total. The molecule has 0 unspecified atom stereocenters. The fraction of sp³-hybridized carbons (Fsp3) is 0.524. The molecule has 4 bridgehead atoms. The second-order valence-electron chi connectivity index (χ2n) is 8.42. The van der Waals surface area contributed by atoms with Crippen LogP contribution >= 0.6 is 0 Å². The Morgan fingerprint density at radius 1 is 1.00 bits per heavy atom. The first kappa shape index (κ1) is 14.4. The van der Waals surface area contributed by atoms with Gasteiger partial charge < -0.3 is 5.32 Å². The van der Waals surface area contributed by atoms with Gasteiger partial charge in [-0.05, 0) is 68.4 Å². The highest BCUT2D eigenvalue weighted by Crippen LogP contribution is 2.55. The van der Waals surface area contributed by atoms with E-state index in [1.165, 1.54) is 38.5 Å².